The molecule has 16 heavy (non-hydrogen) atoms. The molecule has 0 aliphatic rings. The molecule has 1 aromatic heterocycles. The predicted octanol–water partition coefficient (Wildman–Crippen LogP) is 3.60. The smallest absolute Gasteiger partial charge is 0.291 e. The third-order valence-electron chi connectivity index (χ3n) is 2.19. The molecular formula is C12H10BrNO2. The number of hydrogen-bond donors (Lipinski definition) is 1. The maximum absolute atomic E-state index is 11.7. The number of furan rings is 1. The average molecular weight is 280 g/mol. The fourth-order valence-electron chi connectivity index (χ4n) is 1.32. The molecule has 0 fully saturated rings. The van der Waals surface area contributed by atoms with Crippen LogP contribution in [0.5, 0.6) is 0 Å². The summed E-state index contributed by atoms with van der Waals surface area (Å²) in [5.74, 6) is 0.0607. The van der Waals surface area contributed by atoms with Gasteiger partial charge in [-0.3, -0.25) is 4.79 Å². The fraction of sp³-hybridized carbons (Fsp3) is 0.0833. The number of anilines is 1. The molecule has 1 heterocycles. The van der Waals surface area contributed by atoms with Crippen LogP contribution in [-0.2, 0) is 0 Å². The Morgan fingerprint density at radius 3 is 2.88 bits per heavy atom. The van der Waals surface area contributed by atoms with E-state index in [1.54, 1.807) is 12.1 Å². The first-order valence-electron chi connectivity index (χ1n) is 4.78. The van der Waals surface area contributed by atoms with Crippen molar-refractivity contribution in [3.05, 3.63) is 52.4 Å². The first-order valence-corrected chi connectivity index (χ1v) is 5.57. The Balaban J connectivity index is 2.21. The Hall–Kier alpha value is -1.55. The van der Waals surface area contributed by atoms with Crippen molar-refractivity contribution in [2.75, 3.05) is 5.32 Å². The number of carbonyl (C=O) groups excluding carboxylic acids is 1. The molecule has 0 saturated heterocycles. The maximum Gasteiger partial charge on any atom is 0.291 e. The summed E-state index contributed by atoms with van der Waals surface area (Å²) < 4.78 is 5.94. The van der Waals surface area contributed by atoms with Gasteiger partial charge in [0.1, 0.15) is 0 Å². The van der Waals surface area contributed by atoms with Gasteiger partial charge in [-0.15, -0.1) is 0 Å². The first-order chi connectivity index (χ1) is 7.66. The Morgan fingerprint density at radius 1 is 1.38 bits per heavy atom. The summed E-state index contributed by atoms with van der Waals surface area (Å²) in [5.41, 5.74) is 1.78. The van der Waals surface area contributed by atoms with Gasteiger partial charge in [0, 0.05) is 10.2 Å². The van der Waals surface area contributed by atoms with Crippen LogP contribution in [0, 0.1) is 6.92 Å². The van der Waals surface area contributed by atoms with Crippen LogP contribution in [-0.4, -0.2) is 5.91 Å². The predicted molar refractivity (Wildman–Crippen MR) is 65.5 cm³/mol. The van der Waals surface area contributed by atoms with E-state index in [0.717, 1.165) is 15.7 Å². The summed E-state index contributed by atoms with van der Waals surface area (Å²) >= 11 is 3.36. The lowest BCUT2D eigenvalue weighted by Crippen LogP contribution is -2.11. The Labute approximate surface area is 102 Å². The second-order valence-corrected chi connectivity index (χ2v) is 4.31. The summed E-state index contributed by atoms with van der Waals surface area (Å²) in [6.45, 7) is 1.93. The summed E-state index contributed by atoms with van der Waals surface area (Å²) in [5, 5.41) is 2.79. The van der Waals surface area contributed by atoms with Gasteiger partial charge in [-0.2, -0.15) is 0 Å². The van der Waals surface area contributed by atoms with E-state index in [9.17, 15) is 4.79 Å². The molecule has 2 aromatic rings. The number of aryl methyl sites for hydroxylation is 1. The molecule has 4 heteroatoms. The third kappa shape index (κ3) is 2.33. The van der Waals surface area contributed by atoms with Crippen LogP contribution < -0.4 is 5.32 Å². The van der Waals surface area contributed by atoms with Crippen molar-refractivity contribution >= 4 is 27.5 Å². The van der Waals surface area contributed by atoms with E-state index < -0.39 is 0 Å². The zero-order valence-electron chi connectivity index (χ0n) is 8.66. The van der Waals surface area contributed by atoms with E-state index in [1.807, 2.05) is 25.1 Å². The quantitative estimate of drug-likeness (QED) is 0.913. The van der Waals surface area contributed by atoms with Crippen molar-refractivity contribution in [3.8, 4) is 0 Å². The van der Waals surface area contributed by atoms with Gasteiger partial charge in [0.25, 0.3) is 5.91 Å². The Morgan fingerprint density at radius 2 is 2.19 bits per heavy atom. The molecular weight excluding hydrogens is 270 g/mol. The molecule has 1 amide bonds. The molecule has 0 aliphatic heterocycles. The highest BCUT2D eigenvalue weighted by Crippen LogP contribution is 2.21. The number of carbonyl (C=O) groups is 1. The van der Waals surface area contributed by atoms with E-state index >= 15 is 0 Å². The first kappa shape index (κ1) is 11.0. The molecule has 0 spiro atoms. The second kappa shape index (κ2) is 4.53. The van der Waals surface area contributed by atoms with Gasteiger partial charge >= 0.3 is 0 Å². The van der Waals surface area contributed by atoms with Crippen LogP contribution in [0.1, 0.15) is 16.1 Å². The van der Waals surface area contributed by atoms with E-state index in [0.29, 0.717) is 5.76 Å². The van der Waals surface area contributed by atoms with Crippen LogP contribution in [0.3, 0.4) is 0 Å². The monoisotopic (exact) mass is 279 g/mol. The number of amides is 1. The highest BCUT2D eigenvalue weighted by atomic mass is 79.9. The molecule has 1 N–H and O–H groups in total. The topological polar surface area (TPSA) is 42.2 Å². The van der Waals surface area contributed by atoms with Gasteiger partial charge in [0.05, 0.1) is 6.26 Å². The highest BCUT2D eigenvalue weighted by molar-refractivity contribution is 9.10. The average Bonchev–Trinajstić information content (AvgIpc) is 2.76. The van der Waals surface area contributed by atoms with Crippen molar-refractivity contribution in [1.29, 1.82) is 0 Å². The summed E-state index contributed by atoms with van der Waals surface area (Å²) in [7, 11) is 0. The van der Waals surface area contributed by atoms with E-state index in [4.69, 9.17) is 4.42 Å². The number of halogens is 1. The lowest BCUT2D eigenvalue weighted by Gasteiger charge is -2.07. The minimum absolute atomic E-state index is 0.244. The zero-order chi connectivity index (χ0) is 11.5. The lowest BCUT2D eigenvalue weighted by molar-refractivity contribution is 0.0996. The van der Waals surface area contributed by atoms with Crippen molar-refractivity contribution in [2.24, 2.45) is 0 Å². The van der Waals surface area contributed by atoms with Crippen LogP contribution >= 0.6 is 15.9 Å². The van der Waals surface area contributed by atoms with Crippen molar-refractivity contribution < 1.29 is 9.21 Å². The normalized spacial score (nSPS) is 10.1. The minimum Gasteiger partial charge on any atom is -0.459 e. The van der Waals surface area contributed by atoms with Crippen molar-refractivity contribution in [1.82, 2.24) is 0 Å². The molecule has 1 aromatic carbocycles. The number of rotatable bonds is 2. The highest BCUT2D eigenvalue weighted by Gasteiger charge is 2.09. The molecule has 3 nitrogen and oxygen atoms in total. The van der Waals surface area contributed by atoms with E-state index in [1.165, 1.54) is 6.26 Å². The van der Waals surface area contributed by atoms with E-state index in [2.05, 4.69) is 21.2 Å². The lowest BCUT2D eigenvalue weighted by atomic mass is 10.2. The molecule has 0 atom stereocenters. The van der Waals surface area contributed by atoms with Gasteiger partial charge in [0.2, 0.25) is 0 Å². The summed E-state index contributed by atoms with van der Waals surface area (Å²) in [4.78, 5) is 11.7. The largest absolute Gasteiger partial charge is 0.459 e. The van der Waals surface area contributed by atoms with Gasteiger partial charge in [-0.25, -0.2) is 0 Å². The molecule has 0 bridgehead atoms. The molecule has 0 aliphatic carbocycles. The standard InChI is InChI=1S/C12H10BrNO2/c1-8-4-5-9(13)7-10(8)14-12(15)11-3-2-6-16-11/h2-7H,1H3,(H,14,15). The van der Waals surface area contributed by atoms with Crippen LogP contribution in [0.15, 0.2) is 45.5 Å². The SMILES string of the molecule is Cc1ccc(Br)cc1NC(=O)c1ccco1. The van der Waals surface area contributed by atoms with E-state index in [-0.39, 0.29) is 5.91 Å². The minimum atomic E-state index is -0.244. The van der Waals surface area contributed by atoms with Crippen LogP contribution in [0.4, 0.5) is 5.69 Å². The molecule has 2 rings (SSSR count). The number of nitrogens with one attached hydrogen (secondary N) is 1. The van der Waals surface area contributed by atoms with Crippen molar-refractivity contribution in [3.63, 3.8) is 0 Å². The maximum atomic E-state index is 11.7. The number of hydrogen-bond acceptors (Lipinski definition) is 2. The van der Waals surface area contributed by atoms with Gasteiger partial charge in [-0.05, 0) is 36.8 Å². The molecule has 0 radical (unpaired) electrons. The van der Waals surface area contributed by atoms with Crippen LogP contribution in [0.25, 0.3) is 0 Å². The molecule has 0 saturated carbocycles. The second-order valence-electron chi connectivity index (χ2n) is 3.39. The third-order valence-corrected chi connectivity index (χ3v) is 2.69. The molecule has 0 unspecified atom stereocenters. The van der Waals surface area contributed by atoms with Gasteiger partial charge in [0.15, 0.2) is 5.76 Å². The summed E-state index contributed by atoms with van der Waals surface area (Å²) in [6.07, 6.45) is 1.47. The van der Waals surface area contributed by atoms with Crippen molar-refractivity contribution in [2.45, 2.75) is 6.92 Å². The van der Waals surface area contributed by atoms with Gasteiger partial charge < -0.3 is 9.73 Å². The van der Waals surface area contributed by atoms with Gasteiger partial charge in [-0.1, -0.05) is 22.0 Å². The Bertz CT molecular complexity index is 506. The zero-order valence-corrected chi connectivity index (χ0v) is 10.2. The Kier molecular flexibility index (Phi) is 3.10. The fourth-order valence-corrected chi connectivity index (χ4v) is 1.68. The summed E-state index contributed by atoms with van der Waals surface area (Å²) in [6, 6.07) is 9.03. The molecule has 82 valence electrons. The van der Waals surface area contributed by atoms with Crippen LogP contribution in [0.2, 0.25) is 0 Å². The number of benzene rings is 1.